The second-order valence-electron chi connectivity index (χ2n) is 7.15. The number of aliphatic hydroxyl groups is 1. The molecule has 1 aromatic carbocycles. The minimum Gasteiger partial charge on any atom is -0.472 e. The Hall–Kier alpha value is -2.92. The average Bonchev–Trinajstić information content (AvgIpc) is 3.19. The Morgan fingerprint density at radius 1 is 1.11 bits per heavy atom. The fraction of sp³-hybridized carbons (Fsp3) is 0.304. The van der Waals surface area contributed by atoms with Crippen LogP contribution in [-0.2, 0) is 6.42 Å². The monoisotopic (exact) mass is 375 g/mol. The van der Waals surface area contributed by atoms with Crippen molar-refractivity contribution in [3.8, 4) is 17.1 Å². The van der Waals surface area contributed by atoms with Crippen molar-refractivity contribution in [3.63, 3.8) is 0 Å². The fourth-order valence-electron chi connectivity index (χ4n) is 3.58. The van der Waals surface area contributed by atoms with Gasteiger partial charge in [0.1, 0.15) is 6.10 Å². The maximum Gasteiger partial charge on any atom is 0.213 e. The van der Waals surface area contributed by atoms with E-state index >= 15 is 0 Å². The molecule has 0 unspecified atom stereocenters. The molecule has 1 N–H and O–H groups in total. The summed E-state index contributed by atoms with van der Waals surface area (Å²) in [7, 11) is 0. The first-order valence-corrected chi connectivity index (χ1v) is 9.73. The molecule has 0 bridgehead atoms. The van der Waals surface area contributed by atoms with E-state index in [1.807, 2.05) is 43.5 Å². The molecule has 0 radical (unpaired) electrons. The summed E-state index contributed by atoms with van der Waals surface area (Å²) >= 11 is 0. The molecular weight excluding hydrogens is 350 g/mol. The molecule has 1 saturated heterocycles. The molecule has 1 aliphatic rings. The smallest absolute Gasteiger partial charge is 0.213 e. The van der Waals surface area contributed by atoms with Crippen molar-refractivity contribution < 1.29 is 9.84 Å². The van der Waals surface area contributed by atoms with Crippen molar-refractivity contribution in [2.24, 2.45) is 0 Å². The first-order valence-electron chi connectivity index (χ1n) is 9.73. The lowest BCUT2D eigenvalue weighted by atomic mass is 10.1. The highest BCUT2D eigenvalue weighted by Crippen LogP contribution is 2.28. The third-order valence-electron chi connectivity index (χ3n) is 5.03. The normalized spacial score (nSPS) is 16.4. The van der Waals surface area contributed by atoms with Crippen LogP contribution in [0.3, 0.4) is 0 Å². The number of ether oxygens (including phenoxy) is 1. The van der Waals surface area contributed by atoms with Crippen molar-refractivity contribution in [1.82, 2.24) is 9.97 Å². The van der Waals surface area contributed by atoms with Gasteiger partial charge in [-0.25, -0.2) is 4.98 Å². The lowest BCUT2D eigenvalue weighted by Gasteiger charge is -2.22. The fourth-order valence-corrected chi connectivity index (χ4v) is 3.58. The van der Waals surface area contributed by atoms with E-state index in [0.717, 1.165) is 47.7 Å². The molecule has 3 heterocycles. The molecule has 1 atom stereocenters. The number of hydrogen-bond donors (Lipinski definition) is 1. The Labute approximate surface area is 165 Å². The van der Waals surface area contributed by atoms with Gasteiger partial charge in [-0.05, 0) is 24.6 Å². The molecule has 2 aromatic heterocycles. The minimum atomic E-state index is 0.0826. The van der Waals surface area contributed by atoms with Crippen LogP contribution in [0, 0.1) is 6.92 Å². The topological polar surface area (TPSA) is 58.5 Å². The van der Waals surface area contributed by atoms with Gasteiger partial charge >= 0.3 is 0 Å². The SMILES string of the molecule is Cc1ccc(O[C@H]2CCN(c3ccc(-c4ccccc4)nc3CCO)C2)nc1. The van der Waals surface area contributed by atoms with Gasteiger partial charge < -0.3 is 14.7 Å². The zero-order valence-electron chi connectivity index (χ0n) is 16.1. The molecule has 0 saturated carbocycles. The van der Waals surface area contributed by atoms with Crippen LogP contribution in [0.2, 0.25) is 0 Å². The summed E-state index contributed by atoms with van der Waals surface area (Å²) in [5.41, 5.74) is 5.15. The first kappa shape index (κ1) is 18.4. The maximum absolute atomic E-state index is 9.53. The van der Waals surface area contributed by atoms with Gasteiger partial charge in [0.2, 0.25) is 5.88 Å². The number of anilines is 1. The van der Waals surface area contributed by atoms with Gasteiger partial charge in [-0.3, -0.25) is 4.98 Å². The molecule has 0 aliphatic carbocycles. The molecule has 0 amide bonds. The van der Waals surface area contributed by atoms with Gasteiger partial charge in [-0.1, -0.05) is 36.4 Å². The molecule has 28 heavy (non-hydrogen) atoms. The molecule has 144 valence electrons. The summed E-state index contributed by atoms with van der Waals surface area (Å²) in [6, 6.07) is 18.2. The average molecular weight is 375 g/mol. The molecule has 4 rings (SSSR count). The van der Waals surface area contributed by atoms with Crippen LogP contribution in [-0.4, -0.2) is 40.9 Å². The molecule has 1 aliphatic heterocycles. The van der Waals surface area contributed by atoms with Gasteiger partial charge in [0, 0.05) is 43.8 Å². The summed E-state index contributed by atoms with van der Waals surface area (Å²) in [5.74, 6) is 0.672. The molecule has 5 nitrogen and oxygen atoms in total. The predicted octanol–water partition coefficient (Wildman–Crippen LogP) is 3.64. The lowest BCUT2D eigenvalue weighted by molar-refractivity contribution is 0.216. The second-order valence-corrected chi connectivity index (χ2v) is 7.15. The highest BCUT2D eigenvalue weighted by atomic mass is 16.5. The van der Waals surface area contributed by atoms with Crippen LogP contribution >= 0.6 is 0 Å². The van der Waals surface area contributed by atoms with Crippen LogP contribution in [0.15, 0.2) is 60.8 Å². The Morgan fingerprint density at radius 3 is 2.71 bits per heavy atom. The van der Waals surface area contributed by atoms with Crippen LogP contribution < -0.4 is 9.64 Å². The number of benzene rings is 1. The predicted molar refractivity (Wildman–Crippen MR) is 111 cm³/mol. The minimum absolute atomic E-state index is 0.0826. The molecule has 3 aromatic rings. The van der Waals surface area contributed by atoms with Crippen LogP contribution in [0.4, 0.5) is 5.69 Å². The van der Waals surface area contributed by atoms with Crippen LogP contribution in [0.1, 0.15) is 17.7 Å². The van der Waals surface area contributed by atoms with E-state index in [4.69, 9.17) is 9.72 Å². The third-order valence-corrected chi connectivity index (χ3v) is 5.03. The van der Waals surface area contributed by atoms with E-state index in [2.05, 4.69) is 34.1 Å². The van der Waals surface area contributed by atoms with Crippen molar-refractivity contribution in [2.75, 3.05) is 24.6 Å². The zero-order valence-corrected chi connectivity index (χ0v) is 16.1. The Morgan fingerprint density at radius 2 is 1.96 bits per heavy atom. The first-order chi connectivity index (χ1) is 13.7. The van der Waals surface area contributed by atoms with Gasteiger partial charge in [-0.15, -0.1) is 0 Å². The number of aryl methyl sites for hydroxylation is 1. The van der Waals surface area contributed by atoms with Crippen molar-refractivity contribution in [3.05, 3.63) is 72.1 Å². The summed E-state index contributed by atoms with van der Waals surface area (Å²) in [6.45, 7) is 3.80. The summed E-state index contributed by atoms with van der Waals surface area (Å²) in [6.07, 6.45) is 3.41. The van der Waals surface area contributed by atoms with Gasteiger partial charge in [-0.2, -0.15) is 0 Å². The quantitative estimate of drug-likeness (QED) is 0.713. The van der Waals surface area contributed by atoms with E-state index in [1.54, 1.807) is 0 Å². The highest BCUT2D eigenvalue weighted by Gasteiger charge is 2.26. The summed E-state index contributed by atoms with van der Waals surface area (Å²) in [5, 5.41) is 9.53. The van der Waals surface area contributed by atoms with Crippen LogP contribution in [0.25, 0.3) is 11.3 Å². The number of hydrogen-bond acceptors (Lipinski definition) is 5. The standard InChI is InChI=1S/C23H25N3O2/c1-17-7-10-23(24-15-17)28-19-11-13-26(16-19)22-9-8-20(25-21(22)12-14-27)18-5-3-2-4-6-18/h2-10,15,19,27H,11-14,16H2,1H3/t19-/m0/s1. The van der Waals surface area contributed by atoms with E-state index < -0.39 is 0 Å². The number of rotatable bonds is 6. The number of pyridine rings is 2. The Balaban J connectivity index is 1.51. The number of nitrogens with zero attached hydrogens (tertiary/aromatic N) is 3. The van der Waals surface area contributed by atoms with Gasteiger partial charge in [0.15, 0.2) is 0 Å². The number of aliphatic hydroxyl groups excluding tert-OH is 1. The van der Waals surface area contributed by atoms with Crippen molar-refractivity contribution >= 4 is 5.69 Å². The summed E-state index contributed by atoms with van der Waals surface area (Å²) < 4.78 is 6.05. The van der Waals surface area contributed by atoms with E-state index in [0.29, 0.717) is 12.3 Å². The van der Waals surface area contributed by atoms with E-state index in [9.17, 15) is 5.11 Å². The molecular formula is C23H25N3O2. The Kier molecular flexibility index (Phi) is 5.53. The Bertz CT molecular complexity index is 913. The van der Waals surface area contributed by atoms with Gasteiger partial charge in [0.25, 0.3) is 0 Å². The second kappa shape index (κ2) is 8.40. The van der Waals surface area contributed by atoms with E-state index in [-0.39, 0.29) is 12.7 Å². The summed E-state index contributed by atoms with van der Waals surface area (Å²) in [4.78, 5) is 11.5. The van der Waals surface area contributed by atoms with Crippen LogP contribution in [0.5, 0.6) is 5.88 Å². The lowest BCUT2D eigenvalue weighted by Crippen LogP contribution is -2.26. The molecule has 1 fully saturated rings. The molecule has 0 spiro atoms. The van der Waals surface area contributed by atoms with Crippen molar-refractivity contribution in [1.29, 1.82) is 0 Å². The van der Waals surface area contributed by atoms with Crippen molar-refractivity contribution in [2.45, 2.75) is 25.9 Å². The largest absolute Gasteiger partial charge is 0.472 e. The van der Waals surface area contributed by atoms with E-state index in [1.165, 1.54) is 0 Å². The highest BCUT2D eigenvalue weighted by molar-refractivity contribution is 5.63. The van der Waals surface area contributed by atoms with Gasteiger partial charge in [0.05, 0.1) is 23.6 Å². The number of aromatic nitrogens is 2. The maximum atomic E-state index is 9.53. The third kappa shape index (κ3) is 4.15. The molecule has 5 heteroatoms. The zero-order chi connectivity index (χ0) is 19.3.